The van der Waals surface area contributed by atoms with Crippen molar-refractivity contribution >= 4 is 17.7 Å². The molecule has 1 aliphatic heterocycles. The van der Waals surface area contributed by atoms with Crippen molar-refractivity contribution in [3.8, 4) is 0 Å². The van der Waals surface area contributed by atoms with Gasteiger partial charge >= 0.3 is 6.18 Å². The van der Waals surface area contributed by atoms with Gasteiger partial charge in [-0.3, -0.25) is 9.78 Å². The maximum Gasteiger partial charge on any atom is 0.416 e. The van der Waals surface area contributed by atoms with Crippen molar-refractivity contribution < 1.29 is 18.0 Å². The first-order chi connectivity index (χ1) is 12.4. The molecule has 0 radical (unpaired) electrons. The SMILES string of the molecule is O=C(/C=C/c1cccc(C(F)(F)F)c1)N1CCN(c2ccncc2)CC1. The molecule has 3 rings (SSSR count). The van der Waals surface area contributed by atoms with E-state index in [0.717, 1.165) is 17.8 Å². The molecule has 2 heterocycles. The molecule has 0 bridgehead atoms. The van der Waals surface area contributed by atoms with E-state index in [1.54, 1.807) is 23.4 Å². The van der Waals surface area contributed by atoms with Crippen LogP contribution in [0.25, 0.3) is 6.08 Å². The number of halogens is 3. The lowest BCUT2D eigenvalue weighted by Gasteiger charge is -2.35. The standard InChI is InChI=1S/C19H18F3N3O/c20-19(21,22)16-3-1-2-15(14-16)4-5-18(26)25-12-10-24(11-13-25)17-6-8-23-9-7-17/h1-9,14H,10-13H2/b5-4+. The lowest BCUT2D eigenvalue weighted by Crippen LogP contribution is -2.48. The van der Waals surface area contributed by atoms with E-state index in [1.807, 2.05) is 12.1 Å². The van der Waals surface area contributed by atoms with Gasteiger partial charge < -0.3 is 9.80 Å². The normalized spacial score (nSPS) is 15.5. The number of carbonyl (C=O) groups excluding carboxylic acids is 1. The number of piperazine rings is 1. The number of amides is 1. The predicted molar refractivity (Wildman–Crippen MR) is 93.5 cm³/mol. The summed E-state index contributed by atoms with van der Waals surface area (Å²) in [6, 6.07) is 8.76. The van der Waals surface area contributed by atoms with Gasteiger partial charge in [-0.15, -0.1) is 0 Å². The number of nitrogens with zero attached hydrogens (tertiary/aromatic N) is 3. The Kier molecular flexibility index (Phi) is 5.25. The summed E-state index contributed by atoms with van der Waals surface area (Å²) in [6.45, 7) is 2.53. The van der Waals surface area contributed by atoms with Crippen LogP contribution in [0, 0.1) is 0 Å². The first-order valence-corrected chi connectivity index (χ1v) is 8.23. The summed E-state index contributed by atoms with van der Waals surface area (Å²) in [5.41, 5.74) is 0.688. The number of pyridine rings is 1. The zero-order valence-electron chi connectivity index (χ0n) is 14.0. The van der Waals surface area contributed by atoms with Gasteiger partial charge in [-0.1, -0.05) is 12.1 Å². The average Bonchev–Trinajstić information content (AvgIpc) is 2.66. The minimum atomic E-state index is -4.39. The molecule has 1 aliphatic rings. The van der Waals surface area contributed by atoms with Crippen LogP contribution in [0.2, 0.25) is 0 Å². The molecule has 1 aromatic heterocycles. The Morgan fingerprint density at radius 2 is 1.73 bits per heavy atom. The smallest absolute Gasteiger partial charge is 0.368 e. The number of benzene rings is 1. The quantitative estimate of drug-likeness (QED) is 0.786. The molecule has 0 saturated carbocycles. The van der Waals surface area contributed by atoms with Crippen LogP contribution in [0.1, 0.15) is 11.1 Å². The van der Waals surface area contributed by atoms with Gasteiger partial charge in [-0.2, -0.15) is 13.2 Å². The molecular weight excluding hydrogens is 343 g/mol. The van der Waals surface area contributed by atoms with Crippen molar-refractivity contribution in [1.29, 1.82) is 0 Å². The molecule has 1 fully saturated rings. The second kappa shape index (κ2) is 7.59. The first kappa shape index (κ1) is 18.0. The zero-order chi connectivity index (χ0) is 18.6. The third kappa shape index (κ3) is 4.41. The molecule has 7 heteroatoms. The minimum absolute atomic E-state index is 0.197. The molecular formula is C19H18F3N3O. The van der Waals surface area contributed by atoms with Crippen molar-refractivity contribution in [2.75, 3.05) is 31.1 Å². The molecule has 0 spiro atoms. The van der Waals surface area contributed by atoms with Crippen LogP contribution in [-0.2, 0) is 11.0 Å². The van der Waals surface area contributed by atoms with E-state index in [1.165, 1.54) is 18.2 Å². The van der Waals surface area contributed by atoms with Crippen molar-refractivity contribution in [2.45, 2.75) is 6.18 Å². The highest BCUT2D eigenvalue weighted by Gasteiger charge is 2.30. The predicted octanol–water partition coefficient (Wildman–Crippen LogP) is 3.46. The lowest BCUT2D eigenvalue weighted by molar-refractivity contribution is -0.137. The average molecular weight is 361 g/mol. The van der Waals surface area contributed by atoms with E-state index in [0.29, 0.717) is 31.7 Å². The van der Waals surface area contributed by atoms with Gasteiger partial charge in [0, 0.05) is 50.3 Å². The van der Waals surface area contributed by atoms with Gasteiger partial charge in [0.1, 0.15) is 0 Å². The maximum atomic E-state index is 12.7. The summed E-state index contributed by atoms with van der Waals surface area (Å²) in [5.74, 6) is -0.197. The molecule has 1 saturated heterocycles. The second-order valence-electron chi connectivity index (χ2n) is 5.97. The molecule has 0 unspecified atom stereocenters. The molecule has 1 amide bonds. The van der Waals surface area contributed by atoms with Crippen LogP contribution in [0.15, 0.2) is 54.9 Å². The monoisotopic (exact) mass is 361 g/mol. The largest absolute Gasteiger partial charge is 0.416 e. The van der Waals surface area contributed by atoms with Crippen LogP contribution in [0.3, 0.4) is 0 Å². The first-order valence-electron chi connectivity index (χ1n) is 8.23. The Balaban J connectivity index is 1.58. The summed E-state index contributed by atoms with van der Waals surface area (Å²) in [6.07, 6.45) is 1.82. The van der Waals surface area contributed by atoms with Crippen molar-refractivity contribution in [2.24, 2.45) is 0 Å². The van der Waals surface area contributed by atoms with Crippen molar-refractivity contribution in [3.63, 3.8) is 0 Å². The van der Waals surface area contributed by atoms with Crippen LogP contribution >= 0.6 is 0 Å². The van der Waals surface area contributed by atoms with E-state index in [2.05, 4.69) is 9.88 Å². The van der Waals surface area contributed by atoms with Crippen LogP contribution in [-0.4, -0.2) is 42.0 Å². The Morgan fingerprint density at radius 3 is 2.38 bits per heavy atom. The molecule has 26 heavy (non-hydrogen) atoms. The van der Waals surface area contributed by atoms with Crippen LogP contribution in [0.4, 0.5) is 18.9 Å². The fraction of sp³-hybridized carbons (Fsp3) is 0.263. The summed E-state index contributed by atoms with van der Waals surface area (Å²) in [4.78, 5) is 20.1. The van der Waals surface area contributed by atoms with E-state index in [-0.39, 0.29) is 5.91 Å². The molecule has 136 valence electrons. The van der Waals surface area contributed by atoms with Crippen LogP contribution < -0.4 is 4.90 Å². The number of aromatic nitrogens is 1. The Bertz CT molecular complexity index is 782. The molecule has 0 N–H and O–H groups in total. The van der Waals surface area contributed by atoms with E-state index < -0.39 is 11.7 Å². The summed E-state index contributed by atoms with van der Waals surface area (Å²) in [7, 11) is 0. The highest BCUT2D eigenvalue weighted by Crippen LogP contribution is 2.29. The summed E-state index contributed by atoms with van der Waals surface area (Å²) < 4.78 is 38.2. The highest BCUT2D eigenvalue weighted by atomic mass is 19.4. The Morgan fingerprint density at radius 1 is 1.04 bits per heavy atom. The zero-order valence-corrected chi connectivity index (χ0v) is 14.0. The maximum absolute atomic E-state index is 12.7. The second-order valence-corrected chi connectivity index (χ2v) is 5.97. The molecule has 2 aromatic rings. The van der Waals surface area contributed by atoms with Crippen molar-refractivity contribution in [1.82, 2.24) is 9.88 Å². The topological polar surface area (TPSA) is 36.4 Å². The fourth-order valence-corrected chi connectivity index (χ4v) is 2.83. The Hall–Kier alpha value is -2.83. The number of alkyl halides is 3. The van der Waals surface area contributed by atoms with E-state index in [9.17, 15) is 18.0 Å². The summed E-state index contributed by atoms with van der Waals surface area (Å²) in [5, 5.41) is 0. The highest BCUT2D eigenvalue weighted by molar-refractivity contribution is 5.92. The number of hydrogen-bond acceptors (Lipinski definition) is 3. The fourth-order valence-electron chi connectivity index (χ4n) is 2.83. The van der Waals surface area contributed by atoms with Gasteiger partial charge in [0.2, 0.25) is 5.91 Å². The Labute approximate surface area is 149 Å². The number of rotatable bonds is 3. The number of hydrogen-bond donors (Lipinski definition) is 0. The van der Waals surface area contributed by atoms with E-state index >= 15 is 0 Å². The number of anilines is 1. The molecule has 4 nitrogen and oxygen atoms in total. The van der Waals surface area contributed by atoms with Crippen molar-refractivity contribution in [3.05, 3.63) is 66.0 Å². The van der Waals surface area contributed by atoms with Gasteiger partial charge in [0.15, 0.2) is 0 Å². The van der Waals surface area contributed by atoms with Gasteiger partial charge in [-0.05, 0) is 35.9 Å². The number of carbonyl (C=O) groups is 1. The third-order valence-corrected chi connectivity index (χ3v) is 4.25. The minimum Gasteiger partial charge on any atom is -0.368 e. The molecule has 0 aliphatic carbocycles. The van der Waals surface area contributed by atoms with E-state index in [4.69, 9.17) is 0 Å². The molecule has 1 aromatic carbocycles. The lowest BCUT2D eigenvalue weighted by atomic mass is 10.1. The van der Waals surface area contributed by atoms with Gasteiger partial charge in [0.05, 0.1) is 5.56 Å². The van der Waals surface area contributed by atoms with Gasteiger partial charge in [0.25, 0.3) is 0 Å². The van der Waals surface area contributed by atoms with Crippen LogP contribution in [0.5, 0.6) is 0 Å². The summed E-state index contributed by atoms with van der Waals surface area (Å²) >= 11 is 0. The molecule has 0 atom stereocenters. The van der Waals surface area contributed by atoms with Gasteiger partial charge in [-0.25, -0.2) is 0 Å². The third-order valence-electron chi connectivity index (χ3n) is 4.25.